The molecular weight excluding hydrogens is 300 g/mol. The Balaban J connectivity index is 1.78. The number of rotatable bonds is 5. The number of nitrogens with two attached hydrogens (primary N) is 1. The van der Waals surface area contributed by atoms with Gasteiger partial charge in [0, 0.05) is 12.0 Å². The van der Waals surface area contributed by atoms with Crippen LogP contribution in [0.5, 0.6) is 0 Å². The minimum atomic E-state index is -0.744. The van der Waals surface area contributed by atoms with E-state index in [0.29, 0.717) is 12.0 Å². The van der Waals surface area contributed by atoms with Crippen LogP contribution in [-0.4, -0.2) is 17.9 Å². The molecule has 4 heteroatoms. The number of carbonyl (C=O) groups is 2. The molecule has 0 aromatic heterocycles. The fourth-order valence-corrected chi connectivity index (χ4v) is 2.64. The molecule has 0 spiro atoms. The second kappa shape index (κ2) is 6.96. The Morgan fingerprint density at radius 1 is 0.875 bits per heavy atom. The summed E-state index contributed by atoms with van der Waals surface area (Å²) in [6.45, 7) is 0. The molecule has 0 fully saturated rings. The van der Waals surface area contributed by atoms with E-state index in [1.807, 2.05) is 66.7 Å². The first-order chi connectivity index (χ1) is 11.6. The largest absolute Gasteiger partial charge is 0.368 e. The Morgan fingerprint density at radius 3 is 2.25 bits per heavy atom. The predicted octanol–water partition coefficient (Wildman–Crippen LogP) is 2.67. The van der Waals surface area contributed by atoms with E-state index in [0.717, 1.165) is 16.3 Å². The van der Waals surface area contributed by atoms with Gasteiger partial charge in [-0.1, -0.05) is 60.7 Å². The van der Waals surface area contributed by atoms with Crippen LogP contribution in [0.2, 0.25) is 0 Å². The summed E-state index contributed by atoms with van der Waals surface area (Å²) in [5, 5.41) is 4.77. The molecule has 0 saturated heterocycles. The highest BCUT2D eigenvalue weighted by Crippen LogP contribution is 2.16. The second-order valence-electron chi connectivity index (χ2n) is 5.68. The van der Waals surface area contributed by atoms with E-state index in [1.54, 1.807) is 6.07 Å². The molecule has 2 amide bonds. The number of fused-ring (bicyclic) bond motifs is 1. The van der Waals surface area contributed by atoms with E-state index in [4.69, 9.17) is 5.73 Å². The standard InChI is InChI=1S/C20H18N2O2/c21-19(23)18(12-14-6-2-1-3-7-14)22-20(24)17-11-10-15-8-4-5-9-16(15)13-17/h1-11,13,18H,12H2,(H2,21,23)(H,22,24)/t18-/m0/s1. The van der Waals surface area contributed by atoms with Crippen LogP contribution in [0.25, 0.3) is 10.8 Å². The minimum Gasteiger partial charge on any atom is -0.368 e. The Hall–Kier alpha value is -3.14. The van der Waals surface area contributed by atoms with Gasteiger partial charge in [0.2, 0.25) is 5.91 Å². The van der Waals surface area contributed by atoms with Crippen molar-refractivity contribution < 1.29 is 9.59 Å². The van der Waals surface area contributed by atoms with Gasteiger partial charge in [-0.2, -0.15) is 0 Å². The normalized spacial score (nSPS) is 11.8. The molecule has 3 N–H and O–H groups in total. The molecule has 0 heterocycles. The van der Waals surface area contributed by atoms with E-state index >= 15 is 0 Å². The van der Waals surface area contributed by atoms with Gasteiger partial charge >= 0.3 is 0 Å². The second-order valence-corrected chi connectivity index (χ2v) is 5.68. The summed E-state index contributed by atoms with van der Waals surface area (Å²) >= 11 is 0. The van der Waals surface area contributed by atoms with Gasteiger partial charge in [-0.15, -0.1) is 0 Å². The third kappa shape index (κ3) is 3.60. The van der Waals surface area contributed by atoms with Crippen LogP contribution in [0.15, 0.2) is 72.8 Å². The lowest BCUT2D eigenvalue weighted by molar-refractivity contribution is -0.119. The van der Waals surface area contributed by atoms with Gasteiger partial charge in [0.15, 0.2) is 0 Å². The molecule has 0 aliphatic carbocycles. The van der Waals surface area contributed by atoms with Crippen LogP contribution in [-0.2, 0) is 11.2 Å². The Labute approximate surface area is 140 Å². The zero-order chi connectivity index (χ0) is 16.9. The van der Waals surface area contributed by atoms with Crippen molar-refractivity contribution in [3.8, 4) is 0 Å². The summed E-state index contributed by atoms with van der Waals surface area (Å²) in [7, 11) is 0. The molecule has 0 bridgehead atoms. The lowest BCUT2D eigenvalue weighted by Gasteiger charge is -2.16. The molecule has 3 rings (SSSR count). The molecule has 24 heavy (non-hydrogen) atoms. The number of hydrogen-bond acceptors (Lipinski definition) is 2. The topological polar surface area (TPSA) is 72.2 Å². The van der Waals surface area contributed by atoms with Crippen LogP contribution >= 0.6 is 0 Å². The van der Waals surface area contributed by atoms with Gasteiger partial charge in [0.05, 0.1) is 0 Å². The molecule has 4 nitrogen and oxygen atoms in total. The van der Waals surface area contributed by atoms with E-state index in [2.05, 4.69) is 5.32 Å². The van der Waals surface area contributed by atoms with Crippen LogP contribution in [0.4, 0.5) is 0 Å². The van der Waals surface area contributed by atoms with Crippen molar-refractivity contribution in [2.75, 3.05) is 0 Å². The van der Waals surface area contributed by atoms with E-state index in [1.165, 1.54) is 0 Å². The summed E-state index contributed by atoms with van der Waals surface area (Å²) in [6.07, 6.45) is 0.371. The van der Waals surface area contributed by atoms with Crippen molar-refractivity contribution in [2.45, 2.75) is 12.5 Å². The van der Waals surface area contributed by atoms with Crippen LogP contribution in [0.1, 0.15) is 15.9 Å². The van der Waals surface area contributed by atoms with E-state index in [9.17, 15) is 9.59 Å². The molecule has 0 unspecified atom stereocenters. The maximum atomic E-state index is 12.5. The van der Waals surface area contributed by atoms with Crippen molar-refractivity contribution in [2.24, 2.45) is 5.73 Å². The lowest BCUT2D eigenvalue weighted by atomic mass is 10.0. The van der Waals surface area contributed by atoms with Crippen molar-refractivity contribution in [3.05, 3.63) is 83.9 Å². The molecule has 0 saturated carbocycles. The Bertz CT molecular complexity index is 875. The lowest BCUT2D eigenvalue weighted by Crippen LogP contribution is -2.45. The molecule has 3 aromatic carbocycles. The summed E-state index contributed by atoms with van der Waals surface area (Å²) in [5.74, 6) is -0.853. The maximum absolute atomic E-state index is 12.5. The third-order valence-electron chi connectivity index (χ3n) is 3.94. The molecule has 0 radical (unpaired) electrons. The number of primary amides is 1. The van der Waals surface area contributed by atoms with E-state index in [-0.39, 0.29) is 5.91 Å². The number of amides is 2. The van der Waals surface area contributed by atoms with Crippen molar-refractivity contribution in [1.29, 1.82) is 0 Å². The number of carbonyl (C=O) groups excluding carboxylic acids is 2. The zero-order valence-electron chi connectivity index (χ0n) is 13.1. The smallest absolute Gasteiger partial charge is 0.251 e. The number of hydrogen-bond donors (Lipinski definition) is 2. The van der Waals surface area contributed by atoms with Gasteiger partial charge < -0.3 is 11.1 Å². The Kier molecular flexibility index (Phi) is 4.57. The molecule has 1 atom stereocenters. The summed E-state index contributed by atoms with van der Waals surface area (Å²) in [5.41, 5.74) is 6.90. The number of benzene rings is 3. The third-order valence-corrected chi connectivity index (χ3v) is 3.94. The van der Waals surface area contributed by atoms with Crippen LogP contribution in [0.3, 0.4) is 0 Å². The first kappa shape index (κ1) is 15.7. The SMILES string of the molecule is NC(=O)[C@H](Cc1ccccc1)NC(=O)c1ccc2ccccc2c1. The first-order valence-electron chi connectivity index (χ1n) is 7.76. The molecule has 0 aliphatic rings. The average Bonchev–Trinajstić information content (AvgIpc) is 2.61. The maximum Gasteiger partial charge on any atom is 0.251 e. The molecule has 0 aliphatic heterocycles. The highest BCUT2D eigenvalue weighted by Gasteiger charge is 2.19. The first-order valence-corrected chi connectivity index (χ1v) is 7.76. The average molecular weight is 318 g/mol. The van der Waals surface area contributed by atoms with Gasteiger partial charge in [-0.25, -0.2) is 0 Å². The molecule has 120 valence electrons. The summed E-state index contributed by atoms with van der Waals surface area (Å²) < 4.78 is 0. The predicted molar refractivity (Wildman–Crippen MR) is 94.5 cm³/mol. The monoisotopic (exact) mass is 318 g/mol. The summed E-state index contributed by atoms with van der Waals surface area (Å²) in [4.78, 5) is 24.2. The van der Waals surface area contributed by atoms with Crippen molar-refractivity contribution >= 4 is 22.6 Å². The molecular formula is C20H18N2O2. The van der Waals surface area contributed by atoms with E-state index < -0.39 is 11.9 Å². The van der Waals surface area contributed by atoms with Crippen molar-refractivity contribution in [3.63, 3.8) is 0 Å². The zero-order valence-corrected chi connectivity index (χ0v) is 13.1. The summed E-state index contributed by atoms with van der Waals surface area (Å²) in [6, 6.07) is 22.0. The van der Waals surface area contributed by atoms with Crippen LogP contribution < -0.4 is 11.1 Å². The fourth-order valence-electron chi connectivity index (χ4n) is 2.64. The van der Waals surface area contributed by atoms with Crippen LogP contribution in [0, 0.1) is 0 Å². The quantitative estimate of drug-likeness (QED) is 0.759. The van der Waals surface area contributed by atoms with Gasteiger partial charge in [0.25, 0.3) is 5.91 Å². The number of nitrogens with one attached hydrogen (secondary N) is 1. The molecule has 3 aromatic rings. The fraction of sp³-hybridized carbons (Fsp3) is 0.100. The minimum absolute atomic E-state index is 0.305. The Morgan fingerprint density at radius 2 is 1.54 bits per heavy atom. The van der Waals surface area contributed by atoms with Crippen molar-refractivity contribution in [1.82, 2.24) is 5.32 Å². The highest BCUT2D eigenvalue weighted by molar-refractivity contribution is 6.00. The highest BCUT2D eigenvalue weighted by atomic mass is 16.2. The van der Waals surface area contributed by atoms with Gasteiger partial charge in [-0.3, -0.25) is 9.59 Å². The van der Waals surface area contributed by atoms with Gasteiger partial charge in [-0.05, 0) is 28.5 Å². The van der Waals surface area contributed by atoms with Gasteiger partial charge in [0.1, 0.15) is 6.04 Å².